The summed E-state index contributed by atoms with van der Waals surface area (Å²) in [7, 11) is 0. The Kier molecular flexibility index (Phi) is 10.2. The number of halogens is 1. The van der Waals surface area contributed by atoms with Crippen molar-refractivity contribution in [3.8, 4) is 0 Å². The largest absolute Gasteiger partial charge is 0.352 e. The molecule has 1 rings (SSSR count). The molecule has 1 unspecified atom stereocenters. The lowest BCUT2D eigenvalue weighted by atomic mass is 10.0. The minimum absolute atomic E-state index is 0. The number of nitrogens with one attached hydrogen (secondary N) is 2. The Labute approximate surface area is 130 Å². The van der Waals surface area contributed by atoms with Crippen molar-refractivity contribution in [2.75, 3.05) is 26.2 Å². The third-order valence-electron chi connectivity index (χ3n) is 4.07. The highest BCUT2D eigenvalue weighted by Gasteiger charge is 2.22. The first-order valence-electron chi connectivity index (χ1n) is 7.78. The molecule has 1 atom stereocenters. The first-order valence-corrected chi connectivity index (χ1v) is 7.78. The van der Waals surface area contributed by atoms with Gasteiger partial charge >= 0.3 is 0 Å². The fraction of sp³-hybridized carbons (Fsp3) is 0.933. The zero-order chi connectivity index (χ0) is 14.3. The maximum Gasteiger partial charge on any atom is 0.234 e. The molecule has 0 spiro atoms. The molecule has 5 heteroatoms. The molecule has 1 saturated heterocycles. The number of rotatable bonds is 7. The lowest BCUT2D eigenvalue weighted by Crippen LogP contribution is -2.49. The Hall–Kier alpha value is -0.320. The van der Waals surface area contributed by atoms with Crippen LogP contribution >= 0.6 is 12.4 Å². The molecule has 1 aliphatic rings. The van der Waals surface area contributed by atoms with Crippen LogP contribution in [0, 0.1) is 5.92 Å². The highest BCUT2D eigenvalue weighted by molar-refractivity contribution is 5.85. The number of amides is 1. The molecular weight excluding hydrogens is 274 g/mol. The second-order valence-corrected chi connectivity index (χ2v) is 6.05. The number of carbonyl (C=O) groups excluding carboxylic acids is 1. The Balaban J connectivity index is 0.00000361. The van der Waals surface area contributed by atoms with Crippen LogP contribution in [0.15, 0.2) is 0 Å². The van der Waals surface area contributed by atoms with Gasteiger partial charge in [-0.25, -0.2) is 0 Å². The van der Waals surface area contributed by atoms with Crippen molar-refractivity contribution in [2.45, 2.75) is 59.0 Å². The molecule has 4 nitrogen and oxygen atoms in total. The van der Waals surface area contributed by atoms with E-state index in [9.17, 15) is 4.79 Å². The molecule has 1 fully saturated rings. The predicted molar refractivity (Wildman–Crippen MR) is 87.4 cm³/mol. The zero-order valence-electron chi connectivity index (χ0n) is 13.4. The molecule has 1 aliphatic heterocycles. The number of carbonyl (C=O) groups is 1. The molecule has 0 aliphatic carbocycles. The normalized spacial score (nSPS) is 17.9. The van der Waals surface area contributed by atoms with Gasteiger partial charge in [-0.1, -0.05) is 20.8 Å². The highest BCUT2D eigenvalue weighted by Crippen LogP contribution is 2.12. The van der Waals surface area contributed by atoms with Gasteiger partial charge in [-0.2, -0.15) is 0 Å². The Morgan fingerprint density at radius 3 is 2.40 bits per heavy atom. The highest BCUT2D eigenvalue weighted by atomic mass is 35.5. The molecule has 0 aromatic rings. The van der Waals surface area contributed by atoms with Crippen LogP contribution in [0.25, 0.3) is 0 Å². The van der Waals surface area contributed by atoms with E-state index in [1.165, 1.54) is 0 Å². The average molecular weight is 306 g/mol. The first-order chi connectivity index (χ1) is 9.04. The fourth-order valence-electron chi connectivity index (χ4n) is 2.50. The maximum absolute atomic E-state index is 12.1. The van der Waals surface area contributed by atoms with Gasteiger partial charge in [0.05, 0.1) is 6.54 Å². The summed E-state index contributed by atoms with van der Waals surface area (Å²) >= 11 is 0. The second kappa shape index (κ2) is 10.4. The molecule has 1 amide bonds. The van der Waals surface area contributed by atoms with Crippen LogP contribution in [0.2, 0.25) is 0 Å². The van der Waals surface area contributed by atoms with Gasteiger partial charge in [0.15, 0.2) is 0 Å². The minimum Gasteiger partial charge on any atom is -0.352 e. The quantitative estimate of drug-likeness (QED) is 0.756. The summed E-state index contributed by atoms with van der Waals surface area (Å²) in [6.07, 6.45) is 3.43. The fourth-order valence-corrected chi connectivity index (χ4v) is 2.50. The molecular formula is C15H32ClN3O. The molecule has 0 radical (unpaired) electrons. The Morgan fingerprint density at radius 1 is 1.30 bits per heavy atom. The molecule has 120 valence electrons. The van der Waals surface area contributed by atoms with Crippen molar-refractivity contribution < 1.29 is 4.79 Å². The first kappa shape index (κ1) is 19.7. The van der Waals surface area contributed by atoms with Crippen molar-refractivity contribution in [3.63, 3.8) is 0 Å². The van der Waals surface area contributed by atoms with Crippen LogP contribution in [0.4, 0.5) is 0 Å². The van der Waals surface area contributed by atoms with Crippen LogP contribution in [-0.2, 0) is 4.79 Å². The van der Waals surface area contributed by atoms with Crippen molar-refractivity contribution in [1.82, 2.24) is 15.5 Å². The van der Waals surface area contributed by atoms with Crippen LogP contribution in [-0.4, -0.2) is 49.1 Å². The van der Waals surface area contributed by atoms with Gasteiger partial charge in [0.2, 0.25) is 5.91 Å². The number of piperidine rings is 1. The summed E-state index contributed by atoms with van der Waals surface area (Å²) in [6.45, 7) is 12.3. The van der Waals surface area contributed by atoms with E-state index in [4.69, 9.17) is 0 Å². The van der Waals surface area contributed by atoms with E-state index in [1.54, 1.807) is 0 Å². The van der Waals surface area contributed by atoms with E-state index in [2.05, 4.69) is 43.2 Å². The van der Waals surface area contributed by atoms with Gasteiger partial charge in [-0.15, -0.1) is 12.4 Å². The van der Waals surface area contributed by atoms with Crippen LogP contribution < -0.4 is 10.6 Å². The minimum atomic E-state index is 0. The van der Waals surface area contributed by atoms with Gasteiger partial charge in [0.25, 0.3) is 0 Å². The monoisotopic (exact) mass is 305 g/mol. The number of hydrogen-bond donors (Lipinski definition) is 2. The Bertz CT molecular complexity index is 268. The second-order valence-electron chi connectivity index (χ2n) is 6.05. The summed E-state index contributed by atoms with van der Waals surface area (Å²) in [4.78, 5) is 14.5. The lowest BCUT2D eigenvalue weighted by molar-refractivity contribution is -0.123. The van der Waals surface area contributed by atoms with Gasteiger partial charge in [-0.05, 0) is 51.7 Å². The van der Waals surface area contributed by atoms with Gasteiger partial charge in [0, 0.05) is 12.1 Å². The van der Waals surface area contributed by atoms with Crippen molar-refractivity contribution >= 4 is 18.3 Å². The smallest absolute Gasteiger partial charge is 0.234 e. The van der Waals surface area contributed by atoms with Crippen LogP contribution in [0.3, 0.4) is 0 Å². The van der Waals surface area contributed by atoms with Gasteiger partial charge in [0.1, 0.15) is 0 Å². The number of hydrogen-bond acceptors (Lipinski definition) is 3. The Morgan fingerprint density at radius 2 is 1.90 bits per heavy atom. The summed E-state index contributed by atoms with van der Waals surface area (Å²) in [5, 5.41) is 6.50. The van der Waals surface area contributed by atoms with Crippen LogP contribution in [0.1, 0.15) is 47.0 Å². The van der Waals surface area contributed by atoms with E-state index in [0.29, 0.717) is 18.5 Å². The third kappa shape index (κ3) is 6.91. The van der Waals surface area contributed by atoms with Gasteiger partial charge < -0.3 is 10.6 Å². The standard InChI is InChI=1S/C15H31N3O.ClH/c1-5-10-18(14-6-8-16-9-7-14)11-15(19)17-13(4)12(2)3;/h12-14,16H,5-11H2,1-4H3,(H,17,19);1H. The molecule has 0 saturated carbocycles. The third-order valence-corrected chi connectivity index (χ3v) is 4.07. The van der Waals surface area contributed by atoms with Crippen molar-refractivity contribution in [2.24, 2.45) is 5.92 Å². The summed E-state index contributed by atoms with van der Waals surface area (Å²) in [6, 6.07) is 0.824. The maximum atomic E-state index is 12.1. The van der Waals surface area contributed by atoms with Crippen LogP contribution in [0.5, 0.6) is 0 Å². The van der Waals surface area contributed by atoms with Crippen molar-refractivity contribution in [1.29, 1.82) is 0 Å². The molecule has 0 aromatic heterocycles. The van der Waals surface area contributed by atoms with Gasteiger partial charge in [-0.3, -0.25) is 9.69 Å². The molecule has 20 heavy (non-hydrogen) atoms. The SMILES string of the molecule is CCCN(CC(=O)NC(C)C(C)C)C1CCNCC1.Cl. The molecule has 0 bridgehead atoms. The average Bonchev–Trinajstić information content (AvgIpc) is 2.39. The topological polar surface area (TPSA) is 44.4 Å². The summed E-state index contributed by atoms with van der Waals surface area (Å²) in [5.41, 5.74) is 0. The molecule has 0 aromatic carbocycles. The van der Waals surface area contributed by atoms with Crippen molar-refractivity contribution in [3.05, 3.63) is 0 Å². The molecule has 1 heterocycles. The van der Waals surface area contributed by atoms with E-state index < -0.39 is 0 Å². The lowest BCUT2D eigenvalue weighted by Gasteiger charge is -2.34. The predicted octanol–water partition coefficient (Wildman–Crippen LogP) is 2.03. The van der Waals surface area contributed by atoms with E-state index in [1.807, 2.05) is 0 Å². The van der Waals surface area contributed by atoms with E-state index in [-0.39, 0.29) is 24.4 Å². The van der Waals surface area contributed by atoms with E-state index in [0.717, 1.165) is 38.9 Å². The van der Waals surface area contributed by atoms with E-state index >= 15 is 0 Å². The summed E-state index contributed by atoms with van der Waals surface area (Å²) in [5.74, 6) is 0.663. The zero-order valence-corrected chi connectivity index (χ0v) is 14.3. The molecule has 2 N–H and O–H groups in total. The summed E-state index contributed by atoms with van der Waals surface area (Å²) < 4.78 is 0. The number of nitrogens with zero attached hydrogens (tertiary/aromatic N) is 1.